The lowest BCUT2D eigenvalue weighted by Gasteiger charge is -1.92. The molecule has 0 aliphatic rings. The SMILES string of the molecule is [C-]#[N+]c1cc(C)nc(C#N)c1. The van der Waals surface area contributed by atoms with Crippen molar-refractivity contribution in [3.63, 3.8) is 0 Å². The first kappa shape index (κ1) is 7.24. The number of aromatic nitrogens is 1. The van der Waals surface area contributed by atoms with Crippen LogP contribution in [0.1, 0.15) is 11.4 Å². The van der Waals surface area contributed by atoms with E-state index < -0.39 is 0 Å². The summed E-state index contributed by atoms with van der Waals surface area (Å²) in [5, 5.41) is 8.47. The fourth-order valence-electron chi connectivity index (χ4n) is 0.772. The zero-order valence-corrected chi connectivity index (χ0v) is 6.00. The molecule has 0 saturated carbocycles. The number of hydrogen-bond acceptors (Lipinski definition) is 2. The molecule has 0 bridgehead atoms. The van der Waals surface area contributed by atoms with Crippen molar-refractivity contribution in [2.45, 2.75) is 6.92 Å². The lowest BCUT2D eigenvalue weighted by atomic mass is 10.3. The van der Waals surface area contributed by atoms with Crippen LogP contribution in [-0.2, 0) is 0 Å². The molecule has 0 aliphatic heterocycles. The first-order valence-corrected chi connectivity index (χ1v) is 3.02. The summed E-state index contributed by atoms with van der Waals surface area (Å²) >= 11 is 0. The highest BCUT2D eigenvalue weighted by Crippen LogP contribution is 2.13. The second-order valence-electron chi connectivity index (χ2n) is 2.08. The molecule has 0 saturated heterocycles. The van der Waals surface area contributed by atoms with E-state index in [1.165, 1.54) is 6.07 Å². The highest BCUT2D eigenvalue weighted by atomic mass is 14.7. The van der Waals surface area contributed by atoms with Crippen LogP contribution in [0.15, 0.2) is 12.1 Å². The summed E-state index contributed by atoms with van der Waals surface area (Å²) in [5.41, 5.74) is 1.47. The summed E-state index contributed by atoms with van der Waals surface area (Å²) in [6.07, 6.45) is 0. The molecule has 52 valence electrons. The van der Waals surface area contributed by atoms with Gasteiger partial charge in [-0.15, -0.1) is 0 Å². The highest BCUT2D eigenvalue weighted by Gasteiger charge is 1.96. The van der Waals surface area contributed by atoms with Crippen molar-refractivity contribution in [3.05, 3.63) is 34.9 Å². The van der Waals surface area contributed by atoms with Crippen LogP contribution < -0.4 is 0 Å². The van der Waals surface area contributed by atoms with Gasteiger partial charge in [0.1, 0.15) is 11.8 Å². The van der Waals surface area contributed by atoms with Gasteiger partial charge in [-0.05, 0) is 19.1 Å². The molecule has 3 heteroatoms. The maximum atomic E-state index is 8.47. The Kier molecular flexibility index (Phi) is 1.85. The molecule has 0 amide bonds. The van der Waals surface area contributed by atoms with Gasteiger partial charge in [-0.2, -0.15) is 5.26 Å². The molecule has 0 aliphatic carbocycles. The third-order valence-electron chi connectivity index (χ3n) is 1.18. The normalized spacial score (nSPS) is 8.27. The molecule has 0 fully saturated rings. The van der Waals surface area contributed by atoms with Gasteiger partial charge in [-0.3, -0.25) is 0 Å². The van der Waals surface area contributed by atoms with Crippen molar-refractivity contribution >= 4 is 5.69 Å². The second kappa shape index (κ2) is 2.81. The smallest absolute Gasteiger partial charge is 0.191 e. The molecule has 11 heavy (non-hydrogen) atoms. The van der Waals surface area contributed by atoms with Crippen LogP contribution in [0.5, 0.6) is 0 Å². The molecule has 1 rings (SSSR count). The highest BCUT2D eigenvalue weighted by molar-refractivity contribution is 5.48. The fraction of sp³-hybridized carbons (Fsp3) is 0.125. The Morgan fingerprint density at radius 2 is 2.36 bits per heavy atom. The molecule has 0 spiro atoms. The zero-order chi connectivity index (χ0) is 8.27. The predicted octanol–water partition coefficient (Wildman–Crippen LogP) is 1.81. The average molecular weight is 143 g/mol. The zero-order valence-electron chi connectivity index (χ0n) is 6.00. The Morgan fingerprint density at radius 1 is 1.64 bits per heavy atom. The van der Waals surface area contributed by atoms with E-state index in [1.54, 1.807) is 13.0 Å². The quantitative estimate of drug-likeness (QED) is 0.519. The number of aryl methyl sites for hydroxylation is 1. The standard InChI is InChI=1S/C8H5N3/c1-6-3-7(10-2)4-8(5-9)11-6/h3-4H,1H3. The summed E-state index contributed by atoms with van der Waals surface area (Å²) in [4.78, 5) is 7.09. The van der Waals surface area contributed by atoms with Gasteiger partial charge in [0.15, 0.2) is 5.69 Å². The van der Waals surface area contributed by atoms with E-state index in [4.69, 9.17) is 11.8 Å². The first-order chi connectivity index (χ1) is 5.26. The number of hydrogen-bond donors (Lipinski definition) is 0. The Bertz CT molecular complexity index is 322. The van der Waals surface area contributed by atoms with Crippen LogP contribution in [0, 0.1) is 24.8 Å². The van der Waals surface area contributed by atoms with E-state index >= 15 is 0 Å². The van der Waals surface area contributed by atoms with E-state index in [0.29, 0.717) is 17.1 Å². The number of nitrogens with zero attached hydrogens (tertiary/aromatic N) is 3. The molecule has 3 nitrogen and oxygen atoms in total. The van der Waals surface area contributed by atoms with Crippen molar-refractivity contribution in [2.75, 3.05) is 0 Å². The van der Waals surface area contributed by atoms with E-state index in [1.807, 2.05) is 6.07 Å². The van der Waals surface area contributed by atoms with Gasteiger partial charge >= 0.3 is 0 Å². The molecule has 0 atom stereocenters. The molecule has 0 unspecified atom stereocenters. The Balaban J connectivity index is 3.28. The summed E-state index contributed by atoms with van der Waals surface area (Å²) in [5.74, 6) is 0. The van der Waals surface area contributed by atoms with E-state index in [0.717, 1.165) is 0 Å². The largest absolute Gasteiger partial charge is 0.245 e. The minimum atomic E-state index is 0.302. The van der Waals surface area contributed by atoms with Gasteiger partial charge in [0, 0.05) is 5.69 Å². The van der Waals surface area contributed by atoms with Gasteiger partial charge < -0.3 is 0 Å². The molecule has 1 aromatic heterocycles. The molecule has 0 aromatic carbocycles. The Hall–Kier alpha value is -1.87. The lowest BCUT2D eigenvalue weighted by molar-refractivity contribution is 1.17. The number of pyridine rings is 1. The van der Waals surface area contributed by atoms with Gasteiger partial charge in [-0.1, -0.05) is 0 Å². The molecular formula is C8H5N3. The Labute approximate surface area is 64.7 Å². The molecule has 1 heterocycles. The predicted molar refractivity (Wildman–Crippen MR) is 40.0 cm³/mol. The van der Waals surface area contributed by atoms with Crippen LogP contribution >= 0.6 is 0 Å². The summed E-state index contributed by atoms with van der Waals surface area (Å²) in [7, 11) is 0. The molecule has 0 radical (unpaired) electrons. The van der Waals surface area contributed by atoms with Crippen molar-refractivity contribution in [1.82, 2.24) is 4.98 Å². The van der Waals surface area contributed by atoms with Gasteiger partial charge in [0.25, 0.3) is 0 Å². The van der Waals surface area contributed by atoms with Crippen molar-refractivity contribution in [2.24, 2.45) is 0 Å². The van der Waals surface area contributed by atoms with E-state index in [-0.39, 0.29) is 0 Å². The lowest BCUT2D eigenvalue weighted by Crippen LogP contribution is -1.84. The number of rotatable bonds is 0. The van der Waals surface area contributed by atoms with Crippen molar-refractivity contribution in [3.8, 4) is 6.07 Å². The summed E-state index contributed by atoms with van der Waals surface area (Å²) in [6.45, 7) is 8.46. The Morgan fingerprint density at radius 3 is 2.91 bits per heavy atom. The summed E-state index contributed by atoms with van der Waals surface area (Å²) < 4.78 is 0. The maximum Gasteiger partial charge on any atom is 0.191 e. The van der Waals surface area contributed by atoms with E-state index in [9.17, 15) is 0 Å². The van der Waals surface area contributed by atoms with Crippen LogP contribution in [0.2, 0.25) is 0 Å². The maximum absolute atomic E-state index is 8.47. The van der Waals surface area contributed by atoms with Crippen molar-refractivity contribution in [1.29, 1.82) is 5.26 Å². The molecule has 0 N–H and O–H groups in total. The van der Waals surface area contributed by atoms with Gasteiger partial charge in [-0.25, -0.2) is 9.83 Å². The minimum Gasteiger partial charge on any atom is -0.245 e. The summed E-state index contributed by atoms with van der Waals surface area (Å²) in [6, 6.07) is 5.01. The van der Waals surface area contributed by atoms with Crippen LogP contribution in [0.4, 0.5) is 5.69 Å². The fourth-order valence-corrected chi connectivity index (χ4v) is 0.772. The monoisotopic (exact) mass is 143 g/mol. The average Bonchev–Trinajstić information content (AvgIpc) is 2.03. The van der Waals surface area contributed by atoms with Crippen LogP contribution in [-0.4, -0.2) is 4.98 Å². The van der Waals surface area contributed by atoms with Gasteiger partial charge in [0.05, 0.1) is 6.57 Å². The molecule has 1 aromatic rings. The third kappa shape index (κ3) is 1.53. The topological polar surface area (TPSA) is 41.0 Å². The molecular weight excluding hydrogens is 138 g/mol. The third-order valence-corrected chi connectivity index (χ3v) is 1.18. The van der Waals surface area contributed by atoms with E-state index in [2.05, 4.69) is 9.83 Å². The van der Waals surface area contributed by atoms with Crippen molar-refractivity contribution < 1.29 is 0 Å². The second-order valence-corrected chi connectivity index (χ2v) is 2.08. The van der Waals surface area contributed by atoms with Crippen LogP contribution in [0.25, 0.3) is 4.85 Å². The minimum absolute atomic E-state index is 0.302. The van der Waals surface area contributed by atoms with Gasteiger partial charge in [0.2, 0.25) is 0 Å². The van der Waals surface area contributed by atoms with Crippen LogP contribution in [0.3, 0.4) is 0 Å². The first-order valence-electron chi connectivity index (χ1n) is 3.02. The number of nitriles is 1.